The van der Waals surface area contributed by atoms with Gasteiger partial charge in [-0.05, 0) is 42.0 Å². The first-order valence-electron chi connectivity index (χ1n) is 6.90. The number of nitrogens with zero attached hydrogens (tertiary/aromatic N) is 2. The molecule has 0 aromatic carbocycles. The van der Waals surface area contributed by atoms with E-state index in [4.69, 9.17) is 16.0 Å². The molecule has 4 aromatic rings. The monoisotopic (exact) mass is 323 g/mol. The van der Waals surface area contributed by atoms with Crippen molar-refractivity contribution in [1.82, 2.24) is 9.97 Å². The number of fused-ring (bicyclic) bond motifs is 2. The zero-order valence-corrected chi connectivity index (χ0v) is 12.5. The van der Waals surface area contributed by atoms with Crippen LogP contribution in [0.3, 0.4) is 0 Å². The number of furan rings is 2. The van der Waals surface area contributed by atoms with Gasteiger partial charge >= 0.3 is 0 Å². The van der Waals surface area contributed by atoms with Gasteiger partial charge in [0, 0.05) is 24.2 Å². The molecule has 0 saturated carbocycles. The van der Waals surface area contributed by atoms with Crippen LogP contribution in [0.5, 0.6) is 0 Å². The minimum absolute atomic E-state index is 0.277. The van der Waals surface area contributed by atoms with E-state index in [2.05, 4.69) is 15.3 Å². The van der Waals surface area contributed by atoms with Gasteiger partial charge in [-0.1, -0.05) is 11.6 Å². The van der Waals surface area contributed by atoms with Gasteiger partial charge in [0.1, 0.15) is 17.0 Å². The molecule has 0 aliphatic rings. The molecule has 4 aromatic heterocycles. The van der Waals surface area contributed by atoms with Crippen molar-refractivity contribution in [2.75, 3.05) is 5.32 Å². The molecular weight excluding hydrogens is 314 g/mol. The first-order chi connectivity index (χ1) is 11.2. The van der Waals surface area contributed by atoms with Crippen molar-refractivity contribution in [2.45, 2.75) is 0 Å². The lowest BCUT2D eigenvalue weighted by Gasteiger charge is -2.07. The number of carbonyl (C=O) groups excluding carboxylic acids is 1. The first-order valence-corrected chi connectivity index (χ1v) is 7.28. The van der Waals surface area contributed by atoms with Crippen LogP contribution in [-0.4, -0.2) is 15.9 Å². The average Bonchev–Trinajstić information content (AvgIpc) is 3.19. The molecule has 0 atom stereocenters. The summed E-state index contributed by atoms with van der Waals surface area (Å²) in [5, 5.41) is 3.28. The number of aromatic nitrogens is 2. The van der Waals surface area contributed by atoms with Crippen molar-refractivity contribution in [3.05, 3.63) is 65.6 Å². The molecule has 0 saturated heterocycles. The Bertz CT molecular complexity index is 965. The summed E-state index contributed by atoms with van der Waals surface area (Å²) in [5.74, 6) is 0.152. The fraction of sp³-hybridized carbons (Fsp3) is 0. The zero-order valence-electron chi connectivity index (χ0n) is 11.8. The van der Waals surface area contributed by atoms with Gasteiger partial charge in [0.05, 0.1) is 10.6 Å². The number of benzene rings is 1. The molecular formula is C17H10ClN3O2. The zero-order chi connectivity index (χ0) is 15.8. The summed E-state index contributed by atoms with van der Waals surface area (Å²) in [5.41, 5.74) is 3.34. The molecule has 0 radical (unpaired) electrons. The molecule has 0 spiro atoms. The number of rotatable bonds is 3. The van der Waals surface area contributed by atoms with E-state index in [0.717, 1.165) is 11.1 Å². The third kappa shape index (κ3) is 2.41. The number of anilines is 1. The summed E-state index contributed by atoms with van der Waals surface area (Å²) >= 11 is 5.80. The maximum absolute atomic E-state index is 12.7. The van der Waals surface area contributed by atoms with Crippen LogP contribution in [0.4, 0.5) is 5.82 Å². The fourth-order valence-electron chi connectivity index (χ4n) is 2.51. The Labute approximate surface area is 136 Å². The molecule has 0 unspecified atom stereocenters. The van der Waals surface area contributed by atoms with Crippen LogP contribution in [0, 0.1) is 0 Å². The van der Waals surface area contributed by atoms with E-state index in [1.54, 1.807) is 30.6 Å². The van der Waals surface area contributed by atoms with Crippen molar-refractivity contribution in [2.24, 2.45) is 0 Å². The molecule has 1 N–H and O–H groups in total. The first kappa shape index (κ1) is 13.7. The summed E-state index contributed by atoms with van der Waals surface area (Å²) in [6, 6.07) is 10.6. The topological polar surface area (TPSA) is 68.0 Å². The van der Waals surface area contributed by atoms with E-state index in [1.807, 2.05) is 18.2 Å². The lowest BCUT2D eigenvalue weighted by atomic mass is 10.0. The smallest absolute Gasteiger partial charge is 0.261 e. The van der Waals surface area contributed by atoms with Crippen molar-refractivity contribution in [3.63, 3.8) is 0 Å². The highest BCUT2D eigenvalue weighted by atomic mass is 35.5. The predicted octanol–water partition coefficient (Wildman–Crippen LogP) is 4.23. The molecule has 4 heterocycles. The standard InChI is InChI=1S/C17H10ClN3O2/c18-11-1-4-14(20-9-11)21-17(22)16-13-3-2-12(23-13)15(16)10-5-7-19-8-6-10/h1-9H,(H,20,21,22). The van der Waals surface area contributed by atoms with Crippen molar-refractivity contribution >= 4 is 34.5 Å². The van der Waals surface area contributed by atoms with E-state index >= 15 is 0 Å². The van der Waals surface area contributed by atoms with Crippen LogP contribution >= 0.6 is 11.6 Å². The molecule has 0 fully saturated rings. The van der Waals surface area contributed by atoms with E-state index in [0.29, 0.717) is 27.6 Å². The summed E-state index contributed by atoms with van der Waals surface area (Å²) in [6.07, 6.45) is 4.84. The average molecular weight is 324 g/mol. The molecule has 0 aliphatic carbocycles. The Morgan fingerprint density at radius 2 is 1.83 bits per heavy atom. The molecule has 2 bridgehead atoms. The van der Waals surface area contributed by atoms with E-state index in [1.165, 1.54) is 6.20 Å². The number of pyridine rings is 2. The molecule has 1 amide bonds. The Hall–Kier alpha value is -2.92. The van der Waals surface area contributed by atoms with E-state index in [-0.39, 0.29) is 5.91 Å². The highest BCUT2D eigenvalue weighted by molar-refractivity contribution is 6.30. The molecule has 4 rings (SSSR count). The molecule has 5 nitrogen and oxygen atoms in total. The van der Waals surface area contributed by atoms with Gasteiger partial charge in [-0.2, -0.15) is 0 Å². The van der Waals surface area contributed by atoms with Gasteiger partial charge in [-0.15, -0.1) is 0 Å². The van der Waals surface area contributed by atoms with Gasteiger partial charge in [-0.25, -0.2) is 4.98 Å². The van der Waals surface area contributed by atoms with Crippen LogP contribution in [0.25, 0.3) is 22.3 Å². The Kier molecular flexibility index (Phi) is 3.20. The van der Waals surface area contributed by atoms with Crippen molar-refractivity contribution < 1.29 is 9.21 Å². The normalized spacial score (nSPS) is 11.0. The third-order valence-corrected chi connectivity index (χ3v) is 3.74. The second-order valence-electron chi connectivity index (χ2n) is 4.97. The lowest BCUT2D eigenvalue weighted by Crippen LogP contribution is -2.13. The Morgan fingerprint density at radius 1 is 1.04 bits per heavy atom. The van der Waals surface area contributed by atoms with Crippen molar-refractivity contribution in [3.8, 4) is 11.1 Å². The van der Waals surface area contributed by atoms with Gasteiger partial charge in [0.2, 0.25) is 0 Å². The number of carbonyl (C=O) groups is 1. The fourth-order valence-corrected chi connectivity index (χ4v) is 2.62. The minimum Gasteiger partial charge on any atom is -0.456 e. The molecule has 112 valence electrons. The maximum Gasteiger partial charge on any atom is 0.261 e. The number of hydrogen-bond acceptors (Lipinski definition) is 4. The quantitative estimate of drug-likeness (QED) is 0.612. The summed E-state index contributed by atoms with van der Waals surface area (Å²) in [6.45, 7) is 0. The number of nitrogens with one attached hydrogen (secondary N) is 1. The SMILES string of the molecule is O=C(Nc1ccc(Cl)cn1)c1c(-c2ccncc2)c2ccc1o2. The van der Waals surface area contributed by atoms with Gasteiger partial charge in [0.15, 0.2) is 0 Å². The van der Waals surface area contributed by atoms with E-state index < -0.39 is 0 Å². The van der Waals surface area contributed by atoms with Crippen LogP contribution in [0.1, 0.15) is 10.4 Å². The number of amides is 1. The largest absolute Gasteiger partial charge is 0.456 e. The maximum atomic E-state index is 12.7. The van der Waals surface area contributed by atoms with Gasteiger partial charge < -0.3 is 9.73 Å². The van der Waals surface area contributed by atoms with Crippen LogP contribution in [0.15, 0.2) is 59.4 Å². The highest BCUT2D eigenvalue weighted by Gasteiger charge is 2.24. The van der Waals surface area contributed by atoms with Gasteiger partial charge in [-0.3, -0.25) is 9.78 Å². The van der Waals surface area contributed by atoms with Crippen LogP contribution in [0.2, 0.25) is 5.02 Å². The molecule has 0 aliphatic heterocycles. The van der Waals surface area contributed by atoms with Crippen LogP contribution in [-0.2, 0) is 0 Å². The Morgan fingerprint density at radius 3 is 2.57 bits per heavy atom. The van der Waals surface area contributed by atoms with Crippen molar-refractivity contribution in [1.29, 1.82) is 0 Å². The third-order valence-electron chi connectivity index (χ3n) is 3.51. The predicted molar refractivity (Wildman–Crippen MR) is 87.8 cm³/mol. The summed E-state index contributed by atoms with van der Waals surface area (Å²) in [4.78, 5) is 20.7. The lowest BCUT2D eigenvalue weighted by molar-refractivity contribution is 0.102. The number of hydrogen-bond donors (Lipinski definition) is 1. The Balaban J connectivity index is 1.75. The number of halogens is 1. The molecule has 23 heavy (non-hydrogen) atoms. The van der Waals surface area contributed by atoms with Crippen LogP contribution < -0.4 is 5.32 Å². The summed E-state index contributed by atoms with van der Waals surface area (Å²) in [7, 11) is 0. The van der Waals surface area contributed by atoms with Gasteiger partial charge in [0.25, 0.3) is 5.91 Å². The molecule has 6 heteroatoms. The second kappa shape index (κ2) is 5.37. The minimum atomic E-state index is -0.277. The summed E-state index contributed by atoms with van der Waals surface area (Å²) < 4.78 is 5.66. The second-order valence-corrected chi connectivity index (χ2v) is 5.40. The highest BCUT2D eigenvalue weighted by Crippen LogP contribution is 2.37. The van der Waals surface area contributed by atoms with E-state index in [9.17, 15) is 4.79 Å².